The van der Waals surface area contributed by atoms with E-state index in [1.165, 1.54) is 30.5 Å². The lowest BCUT2D eigenvalue weighted by molar-refractivity contribution is 0.0195. The Balaban J connectivity index is 0.00000240. The lowest BCUT2D eigenvalue weighted by Crippen LogP contribution is -2.47. The molecule has 0 radical (unpaired) electrons. The number of fused-ring (bicyclic) bond motifs is 1. The molecule has 1 atom stereocenters. The first-order valence-corrected chi connectivity index (χ1v) is 10.9. The van der Waals surface area contributed by atoms with Crippen molar-refractivity contribution in [2.45, 2.75) is 31.8 Å². The fourth-order valence-electron chi connectivity index (χ4n) is 4.76. The van der Waals surface area contributed by atoms with Crippen LogP contribution in [0.2, 0.25) is 0 Å². The molecule has 1 unspecified atom stereocenters. The fourth-order valence-corrected chi connectivity index (χ4v) is 4.76. The van der Waals surface area contributed by atoms with Crippen LogP contribution in [0.4, 0.5) is 0 Å². The summed E-state index contributed by atoms with van der Waals surface area (Å²) in [5.74, 6) is 1.07. The van der Waals surface area contributed by atoms with Gasteiger partial charge >= 0.3 is 0 Å². The number of hydrogen-bond donors (Lipinski definition) is 1. The van der Waals surface area contributed by atoms with Crippen molar-refractivity contribution >= 4 is 29.9 Å². The third-order valence-corrected chi connectivity index (χ3v) is 6.38. The summed E-state index contributed by atoms with van der Waals surface area (Å²) in [6, 6.07) is 9.52. The van der Waals surface area contributed by atoms with Gasteiger partial charge in [-0.15, -0.1) is 24.0 Å². The van der Waals surface area contributed by atoms with Crippen molar-refractivity contribution in [1.82, 2.24) is 20.0 Å². The van der Waals surface area contributed by atoms with E-state index >= 15 is 0 Å². The molecule has 3 heterocycles. The molecule has 0 aliphatic carbocycles. The van der Waals surface area contributed by atoms with Crippen molar-refractivity contribution in [2.24, 2.45) is 4.99 Å². The minimum Gasteiger partial charge on any atom is -0.379 e. The first-order valence-electron chi connectivity index (χ1n) is 10.9. The molecule has 0 amide bonds. The fraction of sp³-hybridized carbons (Fsp3) is 0.682. The van der Waals surface area contributed by atoms with Crippen LogP contribution in [0, 0.1) is 0 Å². The molecular weight excluding hydrogens is 477 g/mol. The number of ether oxygens (including phenoxy) is 1. The molecule has 1 aromatic carbocycles. The summed E-state index contributed by atoms with van der Waals surface area (Å²) in [4.78, 5) is 12.1. The highest BCUT2D eigenvalue weighted by molar-refractivity contribution is 14.0. The molecule has 0 saturated carbocycles. The number of halogens is 1. The summed E-state index contributed by atoms with van der Waals surface area (Å²) in [7, 11) is 1.91. The van der Waals surface area contributed by atoms with Crippen LogP contribution in [0.1, 0.15) is 24.0 Å². The van der Waals surface area contributed by atoms with Gasteiger partial charge in [-0.2, -0.15) is 0 Å². The van der Waals surface area contributed by atoms with Gasteiger partial charge < -0.3 is 15.0 Å². The van der Waals surface area contributed by atoms with Crippen LogP contribution in [0.5, 0.6) is 0 Å². The summed E-state index contributed by atoms with van der Waals surface area (Å²) in [6.07, 6.45) is 3.57. The Morgan fingerprint density at radius 1 is 1.14 bits per heavy atom. The Bertz CT molecular complexity index is 664. The average molecular weight is 513 g/mol. The Kier molecular flexibility index (Phi) is 9.02. The van der Waals surface area contributed by atoms with E-state index in [0.29, 0.717) is 6.04 Å². The van der Waals surface area contributed by atoms with E-state index < -0.39 is 0 Å². The third-order valence-electron chi connectivity index (χ3n) is 6.38. The van der Waals surface area contributed by atoms with Crippen molar-refractivity contribution in [1.29, 1.82) is 0 Å². The van der Waals surface area contributed by atoms with Gasteiger partial charge in [0.25, 0.3) is 0 Å². The zero-order valence-electron chi connectivity index (χ0n) is 17.7. The normalized spacial score (nSPS) is 23.6. The largest absolute Gasteiger partial charge is 0.379 e. The highest BCUT2D eigenvalue weighted by Crippen LogP contribution is 2.19. The first kappa shape index (κ1) is 22.8. The standard InChI is InChI=1S/C22H35N5O.HI/c1-23-22(27-12-8-21(18-27)26-13-15-28-16-14-26)24-9-4-10-25-11-7-19-5-2-3-6-20(19)17-25;/h2-3,5-6,21H,4,7-18H2,1H3,(H,23,24);1H. The van der Waals surface area contributed by atoms with Crippen molar-refractivity contribution < 1.29 is 4.74 Å². The van der Waals surface area contributed by atoms with E-state index in [2.05, 4.69) is 49.3 Å². The number of guanidine groups is 1. The topological polar surface area (TPSA) is 43.3 Å². The lowest BCUT2D eigenvalue weighted by atomic mass is 10.00. The van der Waals surface area contributed by atoms with Gasteiger partial charge in [0.2, 0.25) is 0 Å². The van der Waals surface area contributed by atoms with Crippen molar-refractivity contribution in [3.8, 4) is 0 Å². The summed E-state index contributed by atoms with van der Waals surface area (Å²) >= 11 is 0. The minimum atomic E-state index is 0. The number of aliphatic imine (C=N–C) groups is 1. The number of morpholine rings is 1. The quantitative estimate of drug-likeness (QED) is 0.283. The number of likely N-dealkylation sites (tertiary alicyclic amines) is 1. The van der Waals surface area contributed by atoms with Gasteiger partial charge in [0, 0.05) is 65.4 Å². The van der Waals surface area contributed by atoms with Crippen LogP contribution in [0.15, 0.2) is 29.3 Å². The minimum absolute atomic E-state index is 0. The molecular formula is C22H36IN5O. The summed E-state index contributed by atoms with van der Waals surface area (Å²) < 4.78 is 5.49. The Morgan fingerprint density at radius 3 is 2.72 bits per heavy atom. The molecule has 1 N–H and O–H groups in total. The highest BCUT2D eigenvalue weighted by atomic mass is 127. The van der Waals surface area contributed by atoms with Crippen LogP contribution >= 0.6 is 24.0 Å². The number of nitrogens with zero attached hydrogens (tertiary/aromatic N) is 4. The van der Waals surface area contributed by atoms with Crippen LogP contribution in [-0.2, 0) is 17.7 Å². The molecule has 0 bridgehead atoms. The number of benzene rings is 1. The van der Waals surface area contributed by atoms with E-state index in [0.717, 1.165) is 71.4 Å². The molecule has 2 saturated heterocycles. The zero-order chi connectivity index (χ0) is 19.2. The second kappa shape index (κ2) is 11.5. The zero-order valence-corrected chi connectivity index (χ0v) is 20.0. The molecule has 4 rings (SSSR count). The van der Waals surface area contributed by atoms with Crippen molar-refractivity contribution in [2.75, 3.05) is 66.1 Å². The molecule has 1 aromatic rings. The lowest BCUT2D eigenvalue weighted by Gasteiger charge is -2.32. The molecule has 3 aliphatic rings. The highest BCUT2D eigenvalue weighted by Gasteiger charge is 2.30. The van der Waals surface area contributed by atoms with Gasteiger partial charge in [0.1, 0.15) is 0 Å². The number of nitrogens with one attached hydrogen (secondary N) is 1. The summed E-state index contributed by atoms with van der Waals surface area (Å²) in [6.45, 7) is 10.5. The van der Waals surface area contributed by atoms with Gasteiger partial charge in [-0.3, -0.25) is 14.8 Å². The first-order chi connectivity index (χ1) is 13.8. The summed E-state index contributed by atoms with van der Waals surface area (Å²) in [5, 5.41) is 3.60. The Labute approximate surface area is 192 Å². The smallest absolute Gasteiger partial charge is 0.193 e. The van der Waals surface area contributed by atoms with E-state index in [1.807, 2.05) is 7.05 Å². The van der Waals surface area contributed by atoms with Crippen LogP contribution in [-0.4, -0.2) is 92.8 Å². The maximum Gasteiger partial charge on any atom is 0.193 e. The molecule has 7 heteroatoms. The van der Waals surface area contributed by atoms with E-state index in [-0.39, 0.29) is 24.0 Å². The van der Waals surface area contributed by atoms with Gasteiger partial charge in [-0.1, -0.05) is 24.3 Å². The van der Waals surface area contributed by atoms with Crippen LogP contribution in [0.25, 0.3) is 0 Å². The summed E-state index contributed by atoms with van der Waals surface area (Å²) in [5.41, 5.74) is 3.03. The molecule has 0 aromatic heterocycles. The SMILES string of the molecule is CN=C(NCCCN1CCc2ccccc2C1)N1CCC(N2CCOCC2)C1.I. The van der Waals surface area contributed by atoms with Crippen molar-refractivity contribution in [3.63, 3.8) is 0 Å². The molecule has 6 nitrogen and oxygen atoms in total. The predicted molar refractivity (Wildman–Crippen MR) is 129 cm³/mol. The number of hydrogen-bond acceptors (Lipinski definition) is 4. The van der Waals surface area contributed by atoms with Gasteiger partial charge in [0.15, 0.2) is 5.96 Å². The molecule has 3 aliphatic heterocycles. The number of rotatable bonds is 5. The average Bonchev–Trinajstić information content (AvgIpc) is 3.24. The van der Waals surface area contributed by atoms with Crippen LogP contribution in [0.3, 0.4) is 0 Å². The molecule has 162 valence electrons. The monoisotopic (exact) mass is 513 g/mol. The molecule has 2 fully saturated rings. The second-order valence-electron chi connectivity index (χ2n) is 8.16. The van der Waals surface area contributed by atoms with E-state index in [4.69, 9.17) is 4.74 Å². The van der Waals surface area contributed by atoms with Crippen LogP contribution < -0.4 is 5.32 Å². The van der Waals surface area contributed by atoms with E-state index in [1.54, 1.807) is 0 Å². The maximum absolute atomic E-state index is 5.49. The van der Waals surface area contributed by atoms with Gasteiger partial charge in [0.05, 0.1) is 13.2 Å². The van der Waals surface area contributed by atoms with Gasteiger partial charge in [-0.25, -0.2) is 0 Å². The van der Waals surface area contributed by atoms with Gasteiger partial charge in [-0.05, 0) is 30.4 Å². The molecule has 29 heavy (non-hydrogen) atoms. The Hall–Kier alpha value is -0.900. The van der Waals surface area contributed by atoms with Crippen molar-refractivity contribution in [3.05, 3.63) is 35.4 Å². The molecule has 0 spiro atoms. The third kappa shape index (κ3) is 6.06. The maximum atomic E-state index is 5.49. The second-order valence-corrected chi connectivity index (χ2v) is 8.16. The Morgan fingerprint density at radius 2 is 1.93 bits per heavy atom. The predicted octanol–water partition coefficient (Wildman–Crippen LogP) is 2.03. The van der Waals surface area contributed by atoms with E-state index in [9.17, 15) is 0 Å².